The van der Waals surface area contributed by atoms with Gasteiger partial charge in [-0.1, -0.05) is 6.92 Å². The number of carbonyl (C=O) groups is 1. The van der Waals surface area contributed by atoms with Gasteiger partial charge in [0.25, 0.3) is 0 Å². The Morgan fingerprint density at radius 1 is 1.42 bits per heavy atom. The zero-order valence-corrected chi connectivity index (χ0v) is 11.0. The fourth-order valence-corrected chi connectivity index (χ4v) is 2.02. The van der Waals surface area contributed by atoms with Gasteiger partial charge in [0.05, 0.1) is 13.0 Å². The molecule has 2 atom stereocenters. The molecule has 1 saturated heterocycles. The van der Waals surface area contributed by atoms with E-state index in [2.05, 4.69) is 4.74 Å². The predicted octanol–water partition coefficient (Wildman–Crippen LogP) is 2.55. The van der Waals surface area contributed by atoms with Crippen LogP contribution in [0.15, 0.2) is 0 Å². The Balaban J connectivity index is 2.25. The van der Waals surface area contributed by atoms with Crippen LogP contribution in [0.1, 0.15) is 26.7 Å². The molecule has 1 fully saturated rings. The molecule has 0 spiro atoms. The van der Waals surface area contributed by atoms with Crippen molar-refractivity contribution in [2.45, 2.75) is 45.1 Å². The summed E-state index contributed by atoms with van der Waals surface area (Å²) in [4.78, 5) is 13.4. The smallest absolute Gasteiger partial charge is 0.330 e. The normalized spacial score (nSPS) is 24.3. The molecule has 1 aliphatic rings. The summed E-state index contributed by atoms with van der Waals surface area (Å²) in [6.45, 7) is 3.00. The van der Waals surface area contributed by atoms with E-state index in [0.717, 1.165) is 6.42 Å². The van der Waals surface area contributed by atoms with E-state index in [1.54, 1.807) is 4.90 Å². The van der Waals surface area contributed by atoms with Gasteiger partial charge in [-0.3, -0.25) is 4.79 Å². The van der Waals surface area contributed by atoms with Crippen LogP contribution in [0.25, 0.3) is 0 Å². The van der Waals surface area contributed by atoms with Crippen LogP contribution in [0.2, 0.25) is 0 Å². The van der Waals surface area contributed by atoms with Gasteiger partial charge in [-0.15, -0.1) is 0 Å². The quantitative estimate of drug-likeness (QED) is 0.554. The van der Waals surface area contributed by atoms with Crippen molar-refractivity contribution < 1.29 is 27.1 Å². The van der Waals surface area contributed by atoms with Gasteiger partial charge in [0, 0.05) is 12.6 Å². The summed E-state index contributed by atoms with van der Waals surface area (Å²) in [6.07, 6.45) is -2.89. The van der Waals surface area contributed by atoms with E-state index in [1.165, 1.54) is 0 Å². The molecule has 0 unspecified atom stereocenters. The Hall–Kier alpha value is -0.850. The van der Waals surface area contributed by atoms with Gasteiger partial charge >= 0.3 is 12.3 Å². The number of halogens is 4. The molecule has 112 valence electrons. The Morgan fingerprint density at radius 2 is 2.05 bits per heavy atom. The minimum atomic E-state index is -4.15. The van der Waals surface area contributed by atoms with Crippen LogP contribution in [-0.2, 0) is 9.53 Å². The maximum absolute atomic E-state index is 12.5. The van der Waals surface area contributed by atoms with Crippen LogP contribution >= 0.6 is 0 Å². The third-order valence-corrected chi connectivity index (χ3v) is 3.53. The summed E-state index contributed by atoms with van der Waals surface area (Å²) in [5, 5.41) is 0. The molecule has 0 aromatic rings. The van der Waals surface area contributed by atoms with Crippen molar-refractivity contribution >= 4 is 5.91 Å². The molecular weight excluding hydrogens is 266 g/mol. The van der Waals surface area contributed by atoms with E-state index in [-0.39, 0.29) is 25.0 Å². The van der Waals surface area contributed by atoms with Crippen molar-refractivity contribution in [3.63, 3.8) is 0 Å². The molecule has 0 aromatic heterocycles. The highest BCUT2D eigenvalue weighted by Gasteiger charge is 2.41. The van der Waals surface area contributed by atoms with Crippen LogP contribution in [-0.4, -0.2) is 49.0 Å². The van der Waals surface area contributed by atoms with Crippen LogP contribution in [0.5, 0.6) is 0 Å². The van der Waals surface area contributed by atoms with Crippen LogP contribution in [0.3, 0.4) is 0 Å². The lowest BCUT2D eigenvalue weighted by Crippen LogP contribution is -2.36. The maximum Gasteiger partial charge on any atom is 0.330 e. The summed E-state index contributed by atoms with van der Waals surface area (Å²) in [5.74, 6) is -3.93. The fourth-order valence-electron chi connectivity index (χ4n) is 2.02. The molecule has 1 aliphatic heterocycles. The second-order valence-corrected chi connectivity index (χ2v) is 4.96. The van der Waals surface area contributed by atoms with E-state index in [9.17, 15) is 22.4 Å². The highest BCUT2D eigenvalue weighted by atomic mass is 19.3. The monoisotopic (exact) mass is 285 g/mol. The lowest BCUT2D eigenvalue weighted by Gasteiger charge is -2.23. The zero-order valence-electron chi connectivity index (χ0n) is 11.0. The number of amides is 1. The molecule has 1 amide bonds. The van der Waals surface area contributed by atoms with Gasteiger partial charge < -0.3 is 9.64 Å². The van der Waals surface area contributed by atoms with Crippen molar-refractivity contribution in [2.24, 2.45) is 5.92 Å². The second kappa shape index (κ2) is 6.54. The molecule has 7 heteroatoms. The van der Waals surface area contributed by atoms with Crippen LogP contribution < -0.4 is 0 Å². The number of likely N-dealkylation sites (tertiary alicyclic amines) is 1. The van der Waals surface area contributed by atoms with Crippen molar-refractivity contribution in [1.82, 2.24) is 4.90 Å². The summed E-state index contributed by atoms with van der Waals surface area (Å²) in [5.41, 5.74) is 0. The van der Waals surface area contributed by atoms with E-state index >= 15 is 0 Å². The molecule has 0 radical (unpaired) electrons. The molecule has 3 nitrogen and oxygen atoms in total. The molecular formula is C12H19F4NO2. The number of alkyl halides is 4. The Bertz CT molecular complexity index is 312. The standard InChI is InChI=1S/C12H19F4NO2/c1-8-3-5-17(9(8)2)10(18)4-6-19-7-12(15,16)11(13)14/h8-9,11H,3-7H2,1-2H3/t8-,9-/m0/s1. The third kappa shape index (κ3) is 4.33. The first-order chi connectivity index (χ1) is 8.75. The molecule has 0 N–H and O–H groups in total. The summed E-state index contributed by atoms with van der Waals surface area (Å²) < 4.78 is 53.2. The fraction of sp³-hybridized carbons (Fsp3) is 0.917. The van der Waals surface area contributed by atoms with Crippen LogP contribution in [0, 0.1) is 5.92 Å². The number of nitrogens with zero attached hydrogens (tertiary/aromatic N) is 1. The SMILES string of the molecule is C[C@H]1CCN(C(=O)CCOCC(F)(F)C(F)F)[C@H]1C. The average molecular weight is 285 g/mol. The summed E-state index contributed by atoms with van der Waals surface area (Å²) >= 11 is 0. The minimum absolute atomic E-state index is 0.0591. The van der Waals surface area contributed by atoms with Gasteiger partial charge in [-0.05, 0) is 19.3 Å². The van der Waals surface area contributed by atoms with Crippen molar-refractivity contribution in [3.05, 3.63) is 0 Å². The zero-order chi connectivity index (χ0) is 14.6. The molecule has 0 aromatic carbocycles. The van der Waals surface area contributed by atoms with E-state index < -0.39 is 19.0 Å². The molecule has 19 heavy (non-hydrogen) atoms. The van der Waals surface area contributed by atoms with Gasteiger partial charge in [-0.25, -0.2) is 8.78 Å². The highest BCUT2D eigenvalue weighted by Crippen LogP contribution is 2.24. The number of ether oxygens (including phenoxy) is 1. The second-order valence-electron chi connectivity index (χ2n) is 4.96. The number of rotatable bonds is 6. The molecule has 0 bridgehead atoms. The average Bonchev–Trinajstić information content (AvgIpc) is 2.65. The van der Waals surface area contributed by atoms with Gasteiger partial charge in [-0.2, -0.15) is 8.78 Å². The van der Waals surface area contributed by atoms with Gasteiger partial charge in [0.1, 0.15) is 6.61 Å². The first kappa shape index (κ1) is 16.2. The van der Waals surface area contributed by atoms with E-state index in [4.69, 9.17) is 0 Å². The minimum Gasteiger partial charge on any atom is -0.374 e. The molecule has 1 heterocycles. The summed E-state index contributed by atoms with van der Waals surface area (Å²) in [6, 6.07) is 0.120. The van der Waals surface area contributed by atoms with Crippen molar-refractivity contribution in [2.75, 3.05) is 19.8 Å². The third-order valence-electron chi connectivity index (χ3n) is 3.53. The largest absolute Gasteiger partial charge is 0.374 e. The maximum atomic E-state index is 12.5. The predicted molar refractivity (Wildman–Crippen MR) is 61.3 cm³/mol. The lowest BCUT2D eigenvalue weighted by molar-refractivity contribution is -0.167. The van der Waals surface area contributed by atoms with Crippen LogP contribution in [0.4, 0.5) is 17.6 Å². The topological polar surface area (TPSA) is 29.5 Å². The van der Waals surface area contributed by atoms with Crippen molar-refractivity contribution in [1.29, 1.82) is 0 Å². The number of carbonyl (C=O) groups excluding carboxylic acids is 1. The van der Waals surface area contributed by atoms with Crippen molar-refractivity contribution in [3.8, 4) is 0 Å². The number of hydrogen-bond donors (Lipinski definition) is 0. The van der Waals surface area contributed by atoms with Gasteiger partial charge in [0.15, 0.2) is 0 Å². The van der Waals surface area contributed by atoms with Gasteiger partial charge in [0.2, 0.25) is 5.91 Å². The first-order valence-electron chi connectivity index (χ1n) is 6.29. The molecule has 1 rings (SSSR count). The highest BCUT2D eigenvalue weighted by molar-refractivity contribution is 5.76. The Labute approximate surface area is 109 Å². The van der Waals surface area contributed by atoms with E-state index in [0.29, 0.717) is 12.5 Å². The molecule has 0 aliphatic carbocycles. The van der Waals surface area contributed by atoms with E-state index in [1.807, 2.05) is 13.8 Å². The Morgan fingerprint density at radius 3 is 2.53 bits per heavy atom. The first-order valence-corrected chi connectivity index (χ1v) is 6.29. The number of hydrogen-bond acceptors (Lipinski definition) is 2. The molecule has 0 saturated carbocycles. The lowest BCUT2D eigenvalue weighted by atomic mass is 10.1. The Kier molecular flexibility index (Phi) is 5.58. The summed E-state index contributed by atoms with van der Waals surface area (Å²) in [7, 11) is 0.